The van der Waals surface area contributed by atoms with Crippen molar-refractivity contribution < 1.29 is 63.5 Å². The fraction of sp³-hybridized carbons (Fsp3) is 0.526. The molecule has 6 N–H and O–H groups in total. The van der Waals surface area contributed by atoms with Gasteiger partial charge in [0.25, 0.3) is 5.56 Å². The van der Waals surface area contributed by atoms with E-state index in [0.29, 0.717) is 34.8 Å². The van der Waals surface area contributed by atoms with Gasteiger partial charge in [-0.25, -0.2) is 19.3 Å². The molecule has 7 rings (SSSR count). The second kappa shape index (κ2) is 17.5. The lowest BCUT2D eigenvalue weighted by atomic mass is 9.86. The zero-order valence-electron chi connectivity index (χ0n) is 31.9. The van der Waals surface area contributed by atoms with Crippen molar-refractivity contribution in [3.05, 3.63) is 68.8 Å². The summed E-state index contributed by atoms with van der Waals surface area (Å²) < 4.78 is 35.7. The van der Waals surface area contributed by atoms with Crippen LogP contribution in [-0.4, -0.2) is 132 Å². The van der Waals surface area contributed by atoms with Gasteiger partial charge >= 0.3 is 12.1 Å². The van der Waals surface area contributed by atoms with Crippen LogP contribution in [0.3, 0.4) is 0 Å². The van der Waals surface area contributed by atoms with Crippen LogP contribution in [0.4, 0.5) is 4.79 Å². The number of amides is 1. The van der Waals surface area contributed by atoms with E-state index < -0.39 is 55.0 Å². The maximum Gasteiger partial charge on any atom is 0.412 e. The molecular weight excluding hydrogens is 764 g/mol. The summed E-state index contributed by atoms with van der Waals surface area (Å²) in [6.45, 7) is 4.50. The van der Waals surface area contributed by atoms with Crippen LogP contribution in [0, 0.1) is 0 Å². The number of aryl methyl sites for hydroxylation is 1. The van der Waals surface area contributed by atoms with Gasteiger partial charge in [0.2, 0.25) is 0 Å². The van der Waals surface area contributed by atoms with Crippen molar-refractivity contribution in [2.75, 3.05) is 39.6 Å². The maximum absolute atomic E-state index is 13.6. The number of hydrogen-bond acceptors (Lipinski definition) is 17. The average Bonchev–Trinajstić information content (AvgIpc) is 3.84. The van der Waals surface area contributed by atoms with Gasteiger partial charge in [-0.05, 0) is 42.7 Å². The molecule has 0 aliphatic carbocycles. The van der Waals surface area contributed by atoms with Crippen LogP contribution in [0.2, 0.25) is 0 Å². The van der Waals surface area contributed by atoms with Gasteiger partial charge in [0, 0.05) is 23.1 Å². The zero-order chi connectivity index (χ0) is 41.1. The Hall–Kier alpha value is -4.90. The van der Waals surface area contributed by atoms with Crippen LogP contribution in [0.15, 0.2) is 35.3 Å². The minimum absolute atomic E-state index is 0.0419. The number of pyridine rings is 2. The lowest BCUT2D eigenvalue weighted by Crippen LogP contribution is -2.59. The normalized spacial score (nSPS) is 23.6. The molecule has 1 saturated heterocycles. The lowest BCUT2D eigenvalue weighted by molar-refractivity contribution is -0.301. The number of carbonyl (C=O) groups is 2. The van der Waals surface area contributed by atoms with Crippen LogP contribution in [0.1, 0.15) is 48.2 Å². The highest BCUT2D eigenvalue weighted by atomic mass is 16.7. The van der Waals surface area contributed by atoms with Crippen molar-refractivity contribution in [2.45, 2.75) is 89.3 Å². The molecule has 1 unspecified atom stereocenters. The summed E-state index contributed by atoms with van der Waals surface area (Å²) in [6, 6.07) is 6.79. The van der Waals surface area contributed by atoms with Crippen LogP contribution >= 0.6 is 0 Å². The monoisotopic (exact) mass is 810 g/mol. The molecule has 312 valence electrons. The summed E-state index contributed by atoms with van der Waals surface area (Å²) >= 11 is 0. The van der Waals surface area contributed by atoms with Crippen molar-refractivity contribution in [3.63, 3.8) is 0 Å². The van der Waals surface area contributed by atoms with Crippen LogP contribution in [-0.2, 0) is 66.8 Å². The SMILES string of the molecule is CCc1c2c(nc3ccc(OC(=O)NCCOCCOCc4cn(CCO[C@H]5O[C@@H](CO)[C@H](O)[C@@H](O)[C@@H]5O)nn4)cc13)-c1cc3c(c(=O)n1C2)COC(=O)C3(O)CC. The Kier molecular flexibility index (Phi) is 12.5. The molecule has 6 atom stereocenters. The molecule has 3 aromatic heterocycles. The molecule has 3 aliphatic rings. The van der Waals surface area contributed by atoms with E-state index in [-0.39, 0.29) is 82.4 Å². The van der Waals surface area contributed by atoms with Gasteiger partial charge in [-0.3, -0.25) is 4.79 Å². The Morgan fingerprint density at radius 1 is 1.03 bits per heavy atom. The molecule has 0 saturated carbocycles. The Labute approximate surface area is 330 Å². The quantitative estimate of drug-likeness (QED) is 0.0535. The van der Waals surface area contributed by atoms with Gasteiger partial charge in [-0.1, -0.05) is 19.1 Å². The van der Waals surface area contributed by atoms with E-state index in [2.05, 4.69) is 15.6 Å². The Morgan fingerprint density at radius 2 is 1.84 bits per heavy atom. The molecule has 0 radical (unpaired) electrons. The number of aliphatic hydroxyl groups is 5. The molecule has 6 heterocycles. The molecule has 58 heavy (non-hydrogen) atoms. The summed E-state index contributed by atoms with van der Waals surface area (Å²) in [7, 11) is 0. The lowest BCUT2D eigenvalue weighted by Gasteiger charge is -2.39. The number of nitrogens with zero attached hydrogens (tertiary/aromatic N) is 5. The molecule has 1 fully saturated rings. The minimum atomic E-state index is -1.91. The van der Waals surface area contributed by atoms with E-state index in [9.17, 15) is 39.9 Å². The summed E-state index contributed by atoms with van der Waals surface area (Å²) in [5.74, 6) is -0.472. The van der Waals surface area contributed by atoms with Crippen molar-refractivity contribution in [2.24, 2.45) is 0 Å². The fourth-order valence-corrected chi connectivity index (χ4v) is 7.35. The average molecular weight is 811 g/mol. The van der Waals surface area contributed by atoms with Crippen LogP contribution in [0.5, 0.6) is 5.75 Å². The van der Waals surface area contributed by atoms with Crippen molar-refractivity contribution in [1.29, 1.82) is 0 Å². The molecule has 0 spiro atoms. The van der Waals surface area contributed by atoms with Gasteiger partial charge in [0.1, 0.15) is 42.5 Å². The number of esters is 1. The standard InChI is InChI=1S/C38H46N6O14/c1-3-22-23-13-21(5-6-27(23)40-30-24(22)16-44-28(30)14-26-25(34(44)49)19-56-36(50)38(26,52)4-2)57-37(51)39-7-9-53-11-12-54-18-20-15-43(42-41-20)8-10-55-35-33(48)32(47)31(46)29(17-45)58-35/h5-6,13-15,29,31-33,35,45-48,52H,3-4,7-12,16-19H2,1-2H3,(H,39,51)/t29-,31-,32+,33-,35-,38?/m0/s1. The predicted molar refractivity (Wildman–Crippen MR) is 198 cm³/mol. The first kappa shape index (κ1) is 41.3. The molecule has 1 aromatic carbocycles. The van der Waals surface area contributed by atoms with Crippen LogP contribution in [0.25, 0.3) is 22.3 Å². The van der Waals surface area contributed by atoms with E-state index in [0.717, 1.165) is 16.5 Å². The number of cyclic esters (lactones) is 1. The number of nitrogens with one attached hydrogen (secondary N) is 1. The molecule has 0 bridgehead atoms. The third-order valence-corrected chi connectivity index (χ3v) is 10.5. The predicted octanol–water partition coefficient (Wildman–Crippen LogP) is -0.628. The molecular formula is C38H46N6O14. The highest BCUT2D eigenvalue weighted by Crippen LogP contribution is 2.40. The van der Waals surface area contributed by atoms with Crippen molar-refractivity contribution >= 4 is 23.0 Å². The fourth-order valence-electron chi connectivity index (χ4n) is 7.35. The maximum atomic E-state index is 13.6. The number of aromatic nitrogens is 5. The summed E-state index contributed by atoms with van der Waals surface area (Å²) in [5.41, 5.74) is 2.33. The second-order valence-electron chi connectivity index (χ2n) is 14.1. The van der Waals surface area contributed by atoms with E-state index >= 15 is 0 Å². The van der Waals surface area contributed by atoms with Crippen molar-refractivity contribution in [3.8, 4) is 17.1 Å². The van der Waals surface area contributed by atoms with E-state index in [1.54, 1.807) is 42.0 Å². The molecule has 3 aliphatic heterocycles. The topological polar surface area (TPSA) is 268 Å². The number of rotatable bonds is 16. The van der Waals surface area contributed by atoms with E-state index in [1.165, 1.54) is 4.68 Å². The smallest absolute Gasteiger partial charge is 0.412 e. The number of hydrogen-bond donors (Lipinski definition) is 6. The largest absolute Gasteiger partial charge is 0.458 e. The summed E-state index contributed by atoms with van der Waals surface area (Å²) in [6.07, 6.45) is -5.13. The molecule has 20 heteroatoms. The highest BCUT2D eigenvalue weighted by Gasteiger charge is 2.46. The second-order valence-corrected chi connectivity index (χ2v) is 14.1. The van der Waals surface area contributed by atoms with Gasteiger partial charge in [0.15, 0.2) is 11.9 Å². The summed E-state index contributed by atoms with van der Waals surface area (Å²) in [4.78, 5) is 43.6. The first-order chi connectivity index (χ1) is 28.0. The number of aliphatic hydroxyl groups excluding tert-OH is 4. The number of fused-ring (bicyclic) bond motifs is 5. The Balaban J connectivity index is 0.841. The zero-order valence-corrected chi connectivity index (χ0v) is 31.9. The Bertz CT molecular complexity index is 2210. The number of ether oxygens (including phenoxy) is 6. The van der Waals surface area contributed by atoms with Gasteiger partial charge in [0.05, 0.1) is 81.4 Å². The minimum Gasteiger partial charge on any atom is -0.458 e. The van der Waals surface area contributed by atoms with E-state index in [4.69, 9.17) is 33.4 Å². The van der Waals surface area contributed by atoms with Crippen LogP contribution < -0.4 is 15.6 Å². The molecule has 4 aromatic rings. The summed E-state index contributed by atoms with van der Waals surface area (Å²) in [5, 5.41) is 61.7. The van der Waals surface area contributed by atoms with Gasteiger partial charge < -0.3 is 63.8 Å². The first-order valence-corrected chi connectivity index (χ1v) is 19.0. The highest BCUT2D eigenvalue weighted by molar-refractivity contribution is 5.90. The van der Waals surface area contributed by atoms with Crippen molar-refractivity contribution in [1.82, 2.24) is 29.9 Å². The third kappa shape index (κ3) is 8.07. The first-order valence-electron chi connectivity index (χ1n) is 19.0. The van der Waals surface area contributed by atoms with Gasteiger partial charge in [-0.15, -0.1) is 5.10 Å². The molecule has 1 amide bonds. The third-order valence-electron chi connectivity index (χ3n) is 10.5. The van der Waals surface area contributed by atoms with E-state index in [1.807, 2.05) is 6.92 Å². The number of carbonyl (C=O) groups excluding carboxylic acids is 2. The van der Waals surface area contributed by atoms with Gasteiger partial charge in [-0.2, -0.15) is 0 Å². The molecule has 20 nitrogen and oxygen atoms in total. The number of benzene rings is 1. The Morgan fingerprint density at radius 3 is 2.62 bits per heavy atom.